The fraction of sp³-hybridized carbons (Fsp3) is 1.00. The normalized spacial score (nSPS) is 28.0. The molecular weight excluding hydrogens is 246 g/mol. The second-order valence-electron chi connectivity index (χ2n) is 5.71. The zero-order chi connectivity index (χ0) is 12.4. The van der Waals surface area contributed by atoms with E-state index in [9.17, 15) is 8.42 Å². The average Bonchev–Trinajstić information content (AvgIpc) is 2.16. The highest BCUT2D eigenvalue weighted by molar-refractivity contribution is 7.90. The van der Waals surface area contributed by atoms with Crippen molar-refractivity contribution in [3.05, 3.63) is 0 Å². The third kappa shape index (κ3) is 3.90. The molecule has 96 valence electrons. The summed E-state index contributed by atoms with van der Waals surface area (Å²) in [5.41, 5.74) is 0.139. The minimum atomic E-state index is -3.30. The third-order valence-electron chi connectivity index (χ3n) is 3.35. The number of rotatable bonds is 3. The third-order valence-corrected chi connectivity index (χ3v) is 5.16. The maximum absolute atomic E-state index is 11.5. The molecule has 1 N–H and O–H groups in total. The molecule has 2 atom stereocenters. The van der Waals surface area contributed by atoms with Gasteiger partial charge in [-0.1, -0.05) is 33.6 Å². The summed E-state index contributed by atoms with van der Waals surface area (Å²) in [6.07, 6.45) is 4.32. The van der Waals surface area contributed by atoms with Crippen molar-refractivity contribution in [3.63, 3.8) is 0 Å². The van der Waals surface area contributed by atoms with Gasteiger partial charge in [0.25, 0.3) is 0 Å². The SMILES string of the molecule is CC(C)(C)C1CCCCC1NS(=O)(=O)CCl. The Bertz CT molecular complexity index is 321. The molecule has 0 spiro atoms. The van der Waals surface area contributed by atoms with E-state index in [2.05, 4.69) is 25.5 Å². The molecule has 0 aliphatic heterocycles. The molecule has 0 aromatic carbocycles. The lowest BCUT2D eigenvalue weighted by molar-refractivity contribution is 0.144. The Morgan fingerprint density at radius 1 is 1.25 bits per heavy atom. The molecule has 0 aromatic heterocycles. The lowest BCUT2D eigenvalue weighted by atomic mass is 9.70. The predicted molar refractivity (Wildman–Crippen MR) is 68.0 cm³/mol. The molecule has 16 heavy (non-hydrogen) atoms. The number of nitrogens with one attached hydrogen (secondary N) is 1. The number of hydrogen-bond acceptors (Lipinski definition) is 2. The monoisotopic (exact) mass is 267 g/mol. The van der Waals surface area contributed by atoms with E-state index in [4.69, 9.17) is 11.6 Å². The number of halogens is 1. The molecule has 0 bridgehead atoms. The summed E-state index contributed by atoms with van der Waals surface area (Å²) in [7, 11) is -3.30. The number of sulfonamides is 1. The van der Waals surface area contributed by atoms with Gasteiger partial charge in [-0.15, -0.1) is 11.6 Å². The molecule has 1 aliphatic rings. The van der Waals surface area contributed by atoms with E-state index in [1.807, 2.05) is 0 Å². The van der Waals surface area contributed by atoms with Crippen LogP contribution in [0.25, 0.3) is 0 Å². The van der Waals surface area contributed by atoms with Crippen LogP contribution in [0.3, 0.4) is 0 Å². The zero-order valence-electron chi connectivity index (χ0n) is 10.3. The average molecular weight is 268 g/mol. The summed E-state index contributed by atoms with van der Waals surface area (Å²) < 4.78 is 25.7. The molecule has 1 aliphatic carbocycles. The van der Waals surface area contributed by atoms with Crippen LogP contribution in [0.15, 0.2) is 0 Å². The molecule has 1 saturated carbocycles. The van der Waals surface area contributed by atoms with Gasteiger partial charge in [0.2, 0.25) is 10.0 Å². The highest BCUT2D eigenvalue weighted by atomic mass is 35.5. The van der Waals surface area contributed by atoms with E-state index in [0.29, 0.717) is 5.92 Å². The minimum Gasteiger partial charge on any atom is -0.211 e. The van der Waals surface area contributed by atoms with Gasteiger partial charge >= 0.3 is 0 Å². The van der Waals surface area contributed by atoms with Crippen LogP contribution in [0, 0.1) is 11.3 Å². The summed E-state index contributed by atoms with van der Waals surface area (Å²) in [5.74, 6) is 0.402. The van der Waals surface area contributed by atoms with Crippen LogP contribution in [-0.2, 0) is 10.0 Å². The van der Waals surface area contributed by atoms with Crippen molar-refractivity contribution in [1.29, 1.82) is 0 Å². The van der Waals surface area contributed by atoms with Crippen LogP contribution in [0.1, 0.15) is 46.5 Å². The standard InChI is InChI=1S/C11H22ClNO2S/c1-11(2,3)9-6-4-5-7-10(9)13-16(14,15)8-12/h9-10,13H,4-8H2,1-3H3. The lowest BCUT2D eigenvalue weighted by Crippen LogP contribution is -2.46. The first-order valence-electron chi connectivity index (χ1n) is 5.82. The van der Waals surface area contributed by atoms with Crippen LogP contribution in [0.5, 0.6) is 0 Å². The van der Waals surface area contributed by atoms with E-state index >= 15 is 0 Å². The van der Waals surface area contributed by atoms with Crippen LogP contribution < -0.4 is 4.72 Å². The van der Waals surface area contributed by atoms with Crippen LogP contribution in [0.2, 0.25) is 0 Å². The Morgan fingerprint density at radius 2 is 1.81 bits per heavy atom. The van der Waals surface area contributed by atoms with Gasteiger partial charge in [0.05, 0.1) is 0 Å². The molecule has 2 unspecified atom stereocenters. The molecular formula is C11H22ClNO2S. The highest BCUT2D eigenvalue weighted by Gasteiger charge is 2.35. The van der Waals surface area contributed by atoms with Gasteiger partial charge in [-0.3, -0.25) is 0 Å². The Hall–Kier alpha value is 0.200. The largest absolute Gasteiger partial charge is 0.225 e. The van der Waals surface area contributed by atoms with Crippen molar-refractivity contribution in [1.82, 2.24) is 4.72 Å². The van der Waals surface area contributed by atoms with Crippen LogP contribution in [0.4, 0.5) is 0 Å². The number of hydrogen-bond donors (Lipinski definition) is 1. The van der Waals surface area contributed by atoms with E-state index in [0.717, 1.165) is 19.3 Å². The van der Waals surface area contributed by atoms with Gasteiger partial charge in [-0.25, -0.2) is 13.1 Å². The van der Waals surface area contributed by atoms with Crippen molar-refractivity contribution in [2.24, 2.45) is 11.3 Å². The minimum absolute atomic E-state index is 0.0532. The van der Waals surface area contributed by atoms with E-state index in [1.54, 1.807) is 0 Å². The van der Waals surface area contributed by atoms with Crippen LogP contribution in [-0.4, -0.2) is 19.7 Å². The Labute approximate surface area is 104 Å². The first-order valence-corrected chi connectivity index (χ1v) is 8.01. The molecule has 5 heteroatoms. The molecule has 0 saturated heterocycles. The van der Waals surface area contributed by atoms with Gasteiger partial charge in [-0.05, 0) is 24.2 Å². The zero-order valence-corrected chi connectivity index (χ0v) is 11.9. The Kier molecular flexibility index (Phi) is 4.66. The smallest absolute Gasteiger partial charge is 0.211 e. The van der Waals surface area contributed by atoms with Crippen molar-refractivity contribution < 1.29 is 8.42 Å². The van der Waals surface area contributed by atoms with Gasteiger partial charge in [0.1, 0.15) is 5.21 Å². The molecule has 0 radical (unpaired) electrons. The maximum Gasteiger partial charge on any atom is 0.225 e. The van der Waals surface area contributed by atoms with E-state index in [-0.39, 0.29) is 16.7 Å². The quantitative estimate of drug-likeness (QED) is 0.799. The fourth-order valence-electron chi connectivity index (χ4n) is 2.57. The van der Waals surface area contributed by atoms with Crippen molar-refractivity contribution in [2.45, 2.75) is 52.5 Å². The summed E-state index contributed by atoms with van der Waals surface area (Å²) in [6, 6.07) is 0.0532. The van der Waals surface area contributed by atoms with Gasteiger partial charge in [-0.2, -0.15) is 0 Å². The van der Waals surface area contributed by atoms with Gasteiger partial charge in [0, 0.05) is 6.04 Å². The highest BCUT2D eigenvalue weighted by Crippen LogP contribution is 2.38. The second kappa shape index (κ2) is 5.23. The van der Waals surface area contributed by atoms with Crippen molar-refractivity contribution in [3.8, 4) is 0 Å². The summed E-state index contributed by atoms with van der Waals surface area (Å²) in [4.78, 5) is 0. The molecule has 0 aromatic rings. The molecule has 1 rings (SSSR count). The fourth-order valence-corrected chi connectivity index (χ4v) is 3.57. The van der Waals surface area contributed by atoms with Gasteiger partial charge in [0.15, 0.2) is 0 Å². The second-order valence-corrected chi connectivity index (χ2v) is 8.04. The lowest BCUT2D eigenvalue weighted by Gasteiger charge is -2.40. The first-order chi connectivity index (χ1) is 7.26. The maximum atomic E-state index is 11.5. The Morgan fingerprint density at radius 3 is 2.31 bits per heavy atom. The van der Waals surface area contributed by atoms with Crippen molar-refractivity contribution in [2.75, 3.05) is 5.21 Å². The van der Waals surface area contributed by atoms with Crippen molar-refractivity contribution >= 4 is 21.6 Å². The summed E-state index contributed by atoms with van der Waals surface area (Å²) in [6.45, 7) is 6.51. The van der Waals surface area contributed by atoms with Crippen LogP contribution >= 0.6 is 11.6 Å². The first kappa shape index (κ1) is 14.3. The molecule has 3 nitrogen and oxygen atoms in total. The summed E-state index contributed by atoms with van der Waals surface area (Å²) in [5, 5.41) is -0.347. The topological polar surface area (TPSA) is 46.2 Å². The number of alkyl halides is 1. The summed E-state index contributed by atoms with van der Waals surface area (Å²) >= 11 is 5.42. The van der Waals surface area contributed by atoms with E-state index in [1.165, 1.54) is 6.42 Å². The molecule has 0 amide bonds. The molecule has 1 fully saturated rings. The van der Waals surface area contributed by atoms with Gasteiger partial charge < -0.3 is 0 Å². The Balaban J connectivity index is 2.76. The predicted octanol–water partition coefficient (Wildman–Crippen LogP) is 2.71. The molecule has 0 heterocycles. The van der Waals surface area contributed by atoms with E-state index < -0.39 is 10.0 Å².